The van der Waals surface area contributed by atoms with E-state index in [4.69, 9.17) is 4.74 Å². The number of aromatic nitrogens is 3. The molecule has 0 aliphatic carbocycles. The zero-order chi connectivity index (χ0) is 12.5. The van der Waals surface area contributed by atoms with Crippen molar-refractivity contribution in [2.24, 2.45) is 0 Å². The summed E-state index contributed by atoms with van der Waals surface area (Å²) in [6, 6.07) is 0.251. The predicted octanol–water partition coefficient (Wildman–Crippen LogP) is 1.68. The lowest BCUT2D eigenvalue weighted by atomic mass is 10.4. The lowest BCUT2D eigenvalue weighted by molar-refractivity contribution is -0.113. The molecule has 0 bridgehead atoms. The molecule has 1 amide bonds. The molecular formula is C10H18N4O2S. The van der Waals surface area contributed by atoms with Gasteiger partial charge in [-0.3, -0.25) is 10.1 Å². The van der Waals surface area contributed by atoms with Gasteiger partial charge in [-0.1, -0.05) is 13.3 Å². The van der Waals surface area contributed by atoms with Crippen LogP contribution < -0.4 is 10.1 Å². The van der Waals surface area contributed by atoms with Crippen LogP contribution in [0, 0.1) is 0 Å². The largest absolute Gasteiger partial charge is 0.463 e. The monoisotopic (exact) mass is 258 g/mol. The summed E-state index contributed by atoms with van der Waals surface area (Å²) in [5.41, 5.74) is 0. The highest BCUT2D eigenvalue weighted by Crippen LogP contribution is 2.08. The van der Waals surface area contributed by atoms with Crippen LogP contribution in [0.5, 0.6) is 6.01 Å². The molecule has 2 N–H and O–H groups in total. The lowest BCUT2D eigenvalue weighted by Crippen LogP contribution is -2.15. The van der Waals surface area contributed by atoms with Crippen molar-refractivity contribution in [2.75, 3.05) is 23.4 Å². The molecule has 0 saturated carbocycles. The molecule has 0 unspecified atom stereocenters. The molecule has 0 aromatic carbocycles. The first-order valence-corrected chi connectivity index (χ1v) is 6.84. The number of ether oxygens (including phenoxy) is 1. The van der Waals surface area contributed by atoms with Crippen LogP contribution in [0.3, 0.4) is 0 Å². The van der Waals surface area contributed by atoms with Gasteiger partial charge in [0.05, 0.1) is 12.4 Å². The quantitative estimate of drug-likeness (QED) is 0.693. The molecule has 0 aliphatic rings. The van der Waals surface area contributed by atoms with Crippen LogP contribution in [0.2, 0.25) is 0 Å². The number of nitrogens with one attached hydrogen (secondary N) is 2. The van der Waals surface area contributed by atoms with E-state index in [1.54, 1.807) is 11.8 Å². The van der Waals surface area contributed by atoms with E-state index in [-0.39, 0.29) is 11.9 Å². The summed E-state index contributed by atoms with van der Waals surface area (Å²) < 4.78 is 5.07. The topological polar surface area (TPSA) is 79.9 Å². The van der Waals surface area contributed by atoms with Gasteiger partial charge < -0.3 is 4.74 Å². The van der Waals surface area contributed by atoms with Crippen molar-refractivity contribution < 1.29 is 9.53 Å². The zero-order valence-corrected chi connectivity index (χ0v) is 11.0. The number of H-pyrrole nitrogens is 1. The van der Waals surface area contributed by atoms with Crippen LogP contribution >= 0.6 is 11.8 Å². The first-order valence-electron chi connectivity index (χ1n) is 5.69. The average molecular weight is 258 g/mol. The minimum atomic E-state index is -0.0784. The number of unbranched alkanes of at least 4 members (excludes halogenated alkanes) is 1. The summed E-state index contributed by atoms with van der Waals surface area (Å²) >= 11 is 1.62. The smallest absolute Gasteiger partial charge is 0.337 e. The molecule has 0 radical (unpaired) electrons. The molecule has 1 rings (SSSR count). The van der Waals surface area contributed by atoms with E-state index in [1.165, 1.54) is 0 Å². The van der Waals surface area contributed by atoms with Crippen LogP contribution in [-0.2, 0) is 4.79 Å². The van der Waals surface area contributed by atoms with E-state index < -0.39 is 0 Å². The second kappa shape index (κ2) is 7.94. The highest BCUT2D eigenvalue weighted by Gasteiger charge is 2.07. The fourth-order valence-corrected chi connectivity index (χ4v) is 1.97. The molecule has 17 heavy (non-hydrogen) atoms. The summed E-state index contributed by atoms with van der Waals surface area (Å²) in [7, 11) is 0. The SMILES string of the molecule is CCCCSCC(=O)Nc1nc(OCC)n[nH]1. The lowest BCUT2D eigenvalue weighted by Gasteiger charge is -2.00. The van der Waals surface area contributed by atoms with Gasteiger partial charge in [-0.15, -0.1) is 5.10 Å². The highest BCUT2D eigenvalue weighted by molar-refractivity contribution is 7.99. The summed E-state index contributed by atoms with van der Waals surface area (Å²) in [5.74, 6) is 1.69. The van der Waals surface area contributed by atoms with Gasteiger partial charge in [-0.2, -0.15) is 16.7 Å². The first kappa shape index (κ1) is 13.8. The number of thioether (sulfide) groups is 1. The van der Waals surface area contributed by atoms with Gasteiger partial charge in [0.15, 0.2) is 0 Å². The molecule has 0 fully saturated rings. The van der Waals surface area contributed by atoms with Crippen LogP contribution in [0.4, 0.5) is 5.95 Å². The first-order chi connectivity index (χ1) is 8.26. The van der Waals surface area contributed by atoms with E-state index in [9.17, 15) is 4.79 Å². The fourth-order valence-electron chi connectivity index (χ4n) is 1.08. The number of hydrogen-bond donors (Lipinski definition) is 2. The number of amides is 1. The third-order valence-corrected chi connectivity index (χ3v) is 2.92. The summed E-state index contributed by atoms with van der Waals surface area (Å²) in [4.78, 5) is 15.4. The summed E-state index contributed by atoms with van der Waals surface area (Å²) in [5, 5.41) is 9.01. The van der Waals surface area contributed by atoms with Gasteiger partial charge in [0.1, 0.15) is 0 Å². The Kier molecular flexibility index (Phi) is 6.46. The molecular weight excluding hydrogens is 240 g/mol. The molecule has 7 heteroatoms. The Labute approximate surface area is 105 Å². The van der Waals surface area contributed by atoms with Crippen molar-refractivity contribution in [1.82, 2.24) is 15.2 Å². The average Bonchev–Trinajstić information content (AvgIpc) is 2.73. The van der Waals surface area contributed by atoms with E-state index in [2.05, 4.69) is 27.4 Å². The van der Waals surface area contributed by atoms with Crippen molar-refractivity contribution >= 4 is 23.6 Å². The maximum Gasteiger partial charge on any atom is 0.337 e. The summed E-state index contributed by atoms with van der Waals surface area (Å²) in [6.45, 7) is 4.47. The zero-order valence-electron chi connectivity index (χ0n) is 10.2. The van der Waals surface area contributed by atoms with Crippen molar-refractivity contribution in [3.63, 3.8) is 0 Å². The van der Waals surface area contributed by atoms with Crippen molar-refractivity contribution in [1.29, 1.82) is 0 Å². The Morgan fingerprint density at radius 2 is 2.35 bits per heavy atom. The number of carbonyl (C=O) groups is 1. The Morgan fingerprint density at radius 1 is 1.53 bits per heavy atom. The number of nitrogens with zero attached hydrogens (tertiary/aromatic N) is 2. The molecule has 0 spiro atoms. The van der Waals surface area contributed by atoms with Gasteiger partial charge in [0.25, 0.3) is 0 Å². The van der Waals surface area contributed by atoms with E-state index >= 15 is 0 Å². The van der Waals surface area contributed by atoms with Gasteiger partial charge in [-0.25, -0.2) is 5.10 Å². The standard InChI is InChI=1S/C10H18N4O2S/c1-3-5-6-17-7-8(15)11-9-12-10(14-13-9)16-4-2/h3-7H2,1-2H3,(H2,11,12,13,14,15). The number of hydrogen-bond acceptors (Lipinski definition) is 5. The number of aromatic amines is 1. The molecule has 0 aliphatic heterocycles. The van der Waals surface area contributed by atoms with Crippen LogP contribution in [0.15, 0.2) is 0 Å². The van der Waals surface area contributed by atoms with Crippen LogP contribution in [0.1, 0.15) is 26.7 Å². The second-order valence-electron chi connectivity index (χ2n) is 3.35. The highest BCUT2D eigenvalue weighted by atomic mass is 32.2. The fraction of sp³-hybridized carbons (Fsp3) is 0.700. The predicted molar refractivity (Wildman–Crippen MR) is 68.4 cm³/mol. The van der Waals surface area contributed by atoms with Crippen molar-refractivity contribution in [3.8, 4) is 6.01 Å². The van der Waals surface area contributed by atoms with E-state index in [1.807, 2.05) is 6.92 Å². The molecule has 96 valence electrons. The van der Waals surface area contributed by atoms with Crippen molar-refractivity contribution in [2.45, 2.75) is 26.7 Å². The molecule has 0 atom stereocenters. The molecule has 1 aromatic rings. The molecule has 6 nitrogen and oxygen atoms in total. The molecule has 1 heterocycles. The number of rotatable bonds is 8. The molecule has 0 saturated heterocycles. The Bertz CT molecular complexity index is 343. The summed E-state index contributed by atoms with van der Waals surface area (Å²) in [6.07, 6.45) is 2.28. The van der Waals surface area contributed by atoms with E-state index in [0.717, 1.165) is 18.6 Å². The second-order valence-corrected chi connectivity index (χ2v) is 4.46. The Morgan fingerprint density at radius 3 is 3.06 bits per heavy atom. The van der Waals surface area contributed by atoms with Gasteiger partial charge in [0, 0.05) is 0 Å². The van der Waals surface area contributed by atoms with Crippen molar-refractivity contribution in [3.05, 3.63) is 0 Å². The Balaban J connectivity index is 2.24. The number of anilines is 1. The third kappa shape index (κ3) is 5.58. The maximum atomic E-state index is 11.5. The third-order valence-electron chi connectivity index (χ3n) is 1.87. The molecule has 1 aromatic heterocycles. The van der Waals surface area contributed by atoms with Gasteiger partial charge in [-0.05, 0) is 19.1 Å². The number of carbonyl (C=O) groups excluding carboxylic acids is 1. The van der Waals surface area contributed by atoms with E-state index in [0.29, 0.717) is 18.3 Å². The minimum absolute atomic E-state index is 0.0784. The van der Waals surface area contributed by atoms with Crippen LogP contribution in [0.25, 0.3) is 0 Å². The minimum Gasteiger partial charge on any atom is -0.463 e. The van der Waals surface area contributed by atoms with Gasteiger partial charge in [0.2, 0.25) is 11.9 Å². The normalized spacial score (nSPS) is 10.2. The maximum absolute atomic E-state index is 11.5. The van der Waals surface area contributed by atoms with Gasteiger partial charge >= 0.3 is 6.01 Å². The Hall–Kier alpha value is -1.24. The van der Waals surface area contributed by atoms with Crippen LogP contribution in [-0.4, -0.2) is 39.2 Å².